The molecule has 6 heteroatoms. The second-order valence-electron chi connectivity index (χ2n) is 6.27. The fourth-order valence-corrected chi connectivity index (χ4v) is 2.76. The van der Waals surface area contributed by atoms with Gasteiger partial charge in [-0.05, 0) is 50.1 Å². The summed E-state index contributed by atoms with van der Waals surface area (Å²) >= 11 is 5.93. The molecule has 144 valence electrons. The highest BCUT2D eigenvalue weighted by molar-refractivity contribution is 6.30. The number of amides is 2. The van der Waals surface area contributed by atoms with Crippen LogP contribution in [-0.4, -0.2) is 35.9 Å². The number of ether oxygens (including phenoxy) is 1. The molecule has 2 aromatic carbocycles. The summed E-state index contributed by atoms with van der Waals surface area (Å²) in [5.74, 6) is 0.200. The molecule has 0 saturated carbocycles. The lowest BCUT2D eigenvalue weighted by Crippen LogP contribution is -2.49. The number of likely N-dealkylation sites (N-methyl/N-ethyl adjacent to an activating group) is 1. The van der Waals surface area contributed by atoms with E-state index >= 15 is 0 Å². The summed E-state index contributed by atoms with van der Waals surface area (Å²) in [7, 11) is 0. The smallest absolute Gasteiger partial charge is 0.261 e. The van der Waals surface area contributed by atoms with Crippen LogP contribution in [0, 0.1) is 6.92 Å². The number of hydrogen-bond donors (Lipinski definition) is 1. The van der Waals surface area contributed by atoms with Crippen molar-refractivity contribution in [2.75, 3.05) is 13.2 Å². The number of carbonyl (C=O) groups is 2. The number of halogens is 1. The topological polar surface area (TPSA) is 58.6 Å². The van der Waals surface area contributed by atoms with Crippen LogP contribution < -0.4 is 10.1 Å². The number of carbonyl (C=O) groups excluding carboxylic acids is 2. The SMILES string of the molecule is CCNC(=O)[C@@H](C)N(Cc1ccc(Cl)cc1)C(=O)COc1ccccc1C. The van der Waals surface area contributed by atoms with Crippen LogP contribution in [-0.2, 0) is 16.1 Å². The first kappa shape index (κ1) is 20.8. The monoisotopic (exact) mass is 388 g/mol. The van der Waals surface area contributed by atoms with Gasteiger partial charge in [-0.3, -0.25) is 9.59 Å². The largest absolute Gasteiger partial charge is 0.484 e. The summed E-state index contributed by atoms with van der Waals surface area (Å²) in [5, 5.41) is 3.39. The second-order valence-corrected chi connectivity index (χ2v) is 6.71. The Morgan fingerprint density at radius 1 is 1.15 bits per heavy atom. The van der Waals surface area contributed by atoms with E-state index in [1.54, 1.807) is 19.1 Å². The van der Waals surface area contributed by atoms with Gasteiger partial charge >= 0.3 is 0 Å². The van der Waals surface area contributed by atoms with Crippen molar-refractivity contribution >= 4 is 23.4 Å². The van der Waals surface area contributed by atoms with Gasteiger partial charge in [-0.25, -0.2) is 0 Å². The molecule has 0 aliphatic rings. The molecule has 0 radical (unpaired) electrons. The van der Waals surface area contributed by atoms with Crippen molar-refractivity contribution in [2.24, 2.45) is 0 Å². The lowest BCUT2D eigenvalue weighted by atomic mass is 10.1. The zero-order valence-electron chi connectivity index (χ0n) is 15.9. The van der Waals surface area contributed by atoms with Crippen LogP contribution in [0.3, 0.4) is 0 Å². The Hall–Kier alpha value is -2.53. The summed E-state index contributed by atoms with van der Waals surface area (Å²) in [6.45, 7) is 6.14. The molecule has 0 saturated heterocycles. The molecule has 0 spiro atoms. The summed E-state index contributed by atoms with van der Waals surface area (Å²) in [6.07, 6.45) is 0. The number of nitrogens with one attached hydrogen (secondary N) is 1. The molecule has 5 nitrogen and oxygen atoms in total. The summed E-state index contributed by atoms with van der Waals surface area (Å²) in [6, 6.07) is 14.1. The average Bonchev–Trinajstić information content (AvgIpc) is 2.66. The van der Waals surface area contributed by atoms with Crippen LogP contribution >= 0.6 is 11.6 Å². The van der Waals surface area contributed by atoms with Crippen molar-refractivity contribution < 1.29 is 14.3 Å². The van der Waals surface area contributed by atoms with Crippen molar-refractivity contribution in [3.63, 3.8) is 0 Å². The lowest BCUT2D eigenvalue weighted by molar-refractivity contribution is -0.142. The maximum Gasteiger partial charge on any atom is 0.261 e. The highest BCUT2D eigenvalue weighted by atomic mass is 35.5. The Labute approximate surface area is 165 Å². The van der Waals surface area contributed by atoms with Gasteiger partial charge in [0.25, 0.3) is 5.91 Å². The standard InChI is InChI=1S/C21H25ClN2O3/c1-4-23-21(26)16(3)24(13-17-9-11-18(22)12-10-17)20(25)14-27-19-8-6-5-7-15(19)2/h5-12,16H,4,13-14H2,1-3H3,(H,23,26)/t16-/m1/s1. The second kappa shape index (κ2) is 9.97. The van der Waals surface area contributed by atoms with E-state index in [1.165, 1.54) is 4.90 Å². The van der Waals surface area contributed by atoms with Crippen LogP contribution in [0.4, 0.5) is 0 Å². The van der Waals surface area contributed by atoms with Crippen molar-refractivity contribution in [1.29, 1.82) is 0 Å². The maximum absolute atomic E-state index is 12.8. The van der Waals surface area contributed by atoms with Crippen molar-refractivity contribution in [3.8, 4) is 5.75 Å². The van der Waals surface area contributed by atoms with Crippen LogP contribution in [0.1, 0.15) is 25.0 Å². The quantitative estimate of drug-likeness (QED) is 0.751. The minimum absolute atomic E-state index is 0.137. The van der Waals surface area contributed by atoms with Gasteiger partial charge < -0.3 is 15.0 Å². The van der Waals surface area contributed by atoms with Crippen molar-refractivity contribution in [1.82, 2.24) is 10.2 Å². The molecule has 2 rings (SSSR count). The number of nitrogens with zero attached hydrogens (tertiary/aromatic N) is 1. The maximum atomic E-state index is 12.8. The van der Waals surface area contributed by atoms with Gasteiger partial charge in [0.05, 0.1) is 0 Å². The molecule has 1 atom stereocenters. The van der Waals surface area contributed by atoms with E-state index in [0.29, 0.717) is 23.9 Å². The molecular weight excluding hydrogens is 364 g/mol. The minimum Gasteiger partial charge on any atom is -0.484 e. The Balaban J connectivity index is 2.14. The predicted octanol–water partition coefficient (Wildman–Crippen LogP) is 3.58. The van der Waals surface area contributed by atoms with Crippen molar-refractivity contribution in [3.05, 3.63) is 64.7 Å². The van der Waals surface area contributed by atoms with E-state index in [0.717, 1.165) is 11.1 Å². The first-order valence-corrected chi connectivity index (χ1v) is 9.30. The van der Waals surface area contributed by atoms with Crippen LogP contribution in [0.2, 0.25) is 5.02 Å². The van der Waals surface area contributed by atoms with E-state index in [9.17, 15) is 9.59 Å². The van der Waals surface area contributed by atoms with Crippen LogP contribution in [0.15, 0.2) is 48.5 Å². The third-order valence-electron chi connectivity index (χ3n) is 4.23. The molecule has 0 heterocycles. The molecule has 2 amide bonds. The van der Waals surface area contributed by atoms with Gasteiger partial charge in [-0.1, -0.05) is 41.9 Å². The summed E-state index contributed by atoms with van der Waals surface area (Å²) in [5.41, 5.74) is 1.84. The highest BCUT2D eigenvalue weighted by Gasteiger charge is 2.26. The van der Waals surface area contributed by atoms with E-state index in [4.69, 9.17) is 16.3 Å². The molecular formula is C21H25ClN2O3. The number of rotatable bonds is 8. The summed E-state index contributed by atoms with van der Waals surface area (Å²) < 4.78 is 5.68. The fraction of sp³-hybridized carbons (Fsp3) is 0.333. The lowest BCUT2D eigenvalue weighted by Gasteiger charge is -2.28. The number of aryl methyl sites for hydroxylation is 1. The van der Waals surface area contributed by atoms with Crippen LogP contribution in [0.25, 0.3) is 0 Å². The number of hydrogen-bond acceptors (Lipinski definition) is 3. The molecule has 1 N–H and O–H groups in total. The first-order valence-electron chi connectivity index (χ1n) is 8.92. The third kappa shape index (κ3) is 6.00. The Bertz CT molecular complexity index is 777. The normalized spacial score (nSPS) is 11.6. The molecule has 2 aromatic rings. The van der Waals surface area contributed by atoms with Crippen LogP contribution in [0.5, 0.6) is 5.75 Å². The van der Waals surface area contributed by atoms with Gasteiger partial charge in [0, 0.05) is 18.1 Å². The first-order chi connectivity index (χ1) is 12.9. The van der Waals surface area contributed by atoms with E-state index < -0.39 is 6.04 Å². The molecule has 0 aromatic heterocycles. The Morgan fingerprint density at radius 2 is 1.81 bits per heavy atom. The summed E-state index contributed by atoms with van der Waals surface area (Å²) in [4.78, 5) is 26.7. The van der Waals surface area contributed by atoms with Gasteiger partial charge in [-0.15, -0.1) is 0 Å². The number of benzene rings is 2. The van der Waals surface area contributed by atoms with Gasteiger partial charge in [0.2, 0.25) is 5.91 Å². The third-order valence-corrected chi connectivity index (χ3v) is 4.48. The van der Waals surface area contributed by atoms with Gasteiger partial charge in [0.15, 0.2) is 6.61 Å². The molecule has 0 unspecified atom stereocenters. The average molecular weight is 389 g/mol. The Kier molecular flexibility index (Phi) is 7.67. The fourth-order valence-electron chi connectivity index (χ4n) is 2.63. The van der Waals surface area contributed by atoms with Gasteiger partial charge in [0.1, 0.15) is 11.8 Å². The molecule has 0 aliphatic carbocycles. The Morgan fingerprint density at radius 3 is 2.44 bits per heavy atom. The van der Waals surface area contributed by atoms with Gasteiger partial charge in [-0.2, -0.15) is 0 Å². The van der Waals surface area contributed by atoms with Crippen molar-refractivity contribution in [2.45, 2.75) is 33.4 Å². The zero-order valence-corrected chi connectivity index (χ0v) is 16.6. The molecule has 0 fully saturated rings. The zero-order chi connectivity index (χ0) is 19.8. The molecule has 0 bridgehead atoms. The minimum atomic E-state index is -0.617. The van der Waals surface area contributed by atoms with E-state index in [-0.39, 0.29) is 18.4 Å². The van der Waals surface area contributed by atoms with E-state index in [1.807, 2.05) is 50.2 Å². The molecule has 27 heavy (non-hydrogen) atoms. The predicted molar refractivity (Wildman–Crippen MR) is 107 cm³/mol. The highest BCUT2D eigenvalue weighted by Crippen LogP contribution is 2.17. The number of para-hydroxylation sites is 1. The molecule has 0 aliphatic heterocycles. The van der Waals surface area contributed by atoms with E-state index in [2.05, 4.69) is 5.32 Å².